The van der Waals surface area contributed by atoms with Crippen molar-refractivity contribution in [2.75, 3.05) is 11.9 Å². The molecule has 0 spiro atoms. The fourth-order valence-corrected chi connectivity index (χ4v) is 2.32. The zero-order valence-corrected chi connectivity index (χ0v) is 12.1. The first-order valence-corrected chi connectivity index (χ1v) is 7.57. The molecule has 1 atom stereocenters. The minimum absolute atomic E-state index is 0.00642. The molecule has 1 unspecified atom stereocenters. The number of hydrogen-bond donors (Lipinski definition) is 1. The van der Waals surface area contributed by atoms with Gasteiger partial charge in [-0.15, -0.1) is 0 Å². The van der Waals surface area contributed by atoms with Crippen LogP contribution in [0, 0.1) is 0 Å². The predicted octanol–water partition coefficient (Wildman–Crippen LogP) is 1.32. The number of nitrogens with zero attached hydrogens (tertiary/aromatic N) is 3. The van der Waals surface area contributed by atoms with Crippen LogP contribution in [0.2, 0.25) is 0 Å². The molecule has 0 saturated carbocycles. The van der Waals surface area contributed by atoms with Gasteiger partial charge in [-0.1, -0.05) is 12.1 Å². The minimum atomic E-state index is -3.66. The molecule has 20 heavy (non-hydrogen) atoms. The van der Waals surface area contributed by atoms with Crippen LogP contribution in [0.1, 0.15) is 18.5 Å². The van der Waals surface area contributed by atoms with E-state index in [9.17, 15) is 8.42 Å². The van der Waals surface area contributed by atoms with Gasteiger partial charge in [0.1, 0.15) is 0 Å². The van der Waals surface area contributed by atoms with E-state index in [0.717, 1.165) is 5.56 Å². The van der Waals surface area contributed by atoms with Gasteiger partial charge < -0.3 is 4.90 Å². The molecule has 1 aromatic carbocycles. The topological polar surface area (TPSA) is 89.2 Å². The number of primary sulfonamides is 1. The van der Waals surface area contributed by atoms with Gasteiger partial charge in [0.15, 0.2) is 0 Å². The summed E-state index contributed by atoms with van der Waals surface area (Å²) in [4.78, 5) is 10.4. The fraction of sp³-hybridized carbons (Fsp3) is 0.231. The molecule has 0 saturated heterocycles. The molecule has 0 radical (unpaired) electrons. The summed E-state index contributed by atoms with van der Waals surface area (Å²) in [5.74, 6) is 0.607. The quantitative estimate of drug-likeness (QED) is 0.918. The Morgan fingerprint density at radius 2 is 1.70 bits per heavy atom. The predicted molar refractivity (Wildman–Crippen MR) is 76.7 cm³/mol. The van der Waals surface area contributed by atoms with Gasteiger partial charge in [0, 0.05) is 19.4 Å². The van der Waals surface area contributed by atoms with E-state index < -0.39 is 10.0 Å². The first kappa shape index (κ1) is 14.4. The molecular weight excluding hydrogens is 276 g/mol. The molecular formula is C13H16N4O2S. The summed E-state index contributed by atoms with van der Waals surface area (Å²) in [5.41, 5.74) is 0.951. The van der Waals surface area contributed by atoms with Gasteiger partial charge in [-0.25, -0.2) is 23.5 Å². The molecule has 0 bridgehead atoms. The normalized spacial score (nSPS) is 12.9. The van der Waals surface area contributed by atoms with Crippen molar-refractivity contribution in [2.24, 2.45) is 5.14 Å². The van der Waals surface area contributed by atoms with Gasteiger partial charge >= 0.3 is 0 Å². The van der Waals surface area contributed by atoms with Crippen LogP contribution in [-0.2, 0) is 10.0 Å². The molecule has 6 nitrogen and oxygen atoms in total. The molecule has 0 aliphatic carbocycles. The van der Waals surface area contributed by atoms with Crippen molar-refractivity contribution >= 4 is 16.0 Å². The van der Waals surface area contributed by atoms with Crippen molar-refractivity contribution in [1.29, 1.82) is 0 Å². The molecule has 2 N–H and O–H groups in total. The molecule has 0 amide bonds. The van der Waals surface area contributed by atoms with Crippen LogP contribution < -0.4 is 10.0 Å². The number of rotatable bonds is 4. The highest BCUT2D eigenvalue weighted by Gasteiger charge is 2.15. The third-order valence-electron chi connectivity index (χ3n) is 3.14. The van der Waals surface area contributed by atoms with Crippen molar-refractivity contribution in [2.45, 2.75) is 17.9 Å². The van der Waals surface area contributed by atoms with Crippen molar-refractivity contribution in [3.63, 3.8) is 0 Å². The lowest BCUT2D eigenvalue weighted by molar-refractivity contribution is 0.597. The highest BCUT2D eigenvalue weighted by atomic mass is 32.2. The van der Waals surface area contributed by atoms with Gasteiger partial charge in [0.2, 0.25) is 16.0 Å². The highest BCUT2D eigenvalue weighted by Crippen LogP contribution is 2.23. The molecule has 1 heterocycles. The monoisotopic (exact) mass is 292 g/mol. The maximum Gasteiger partial charge on any atom is 0.238 e. The molecule has 106 valence electrons. The van der Waals surface area contributed by atoms with Gasteiger partial charge in [0.25, 0.3) is 0 Å². The fourth-order valence-electron chi connectivity index (χ4n) is 1.81. The van der Waals surface area contributed by atoms with Crippen molar-refractivity contribution in [3.05, 3.63) is 48.3 Å². The summed E-state index contributed by atoms with van der Waals surface area (Å²) in [7, 11) is -1.77. The summed E-state index contributed by atoms with van der Waals surface area (Å²) in [6.45, 7) is 1.99. The van der Waals surface area contributed by atoms with E-state index in [1.54, 1.807) is 30.6 Å². The average molecular weight is 292 g/mol. The van der Waals surface area contributed by atoms with E-state index >= 15 is 0 Å². The molecule has 0 aliphatic heterocycles. The molecule has 2 aromatic rings. The SMILES string of the molecule is CC(c1ccc(S(N)(=O)=O)cc1)N(C)c1ncccn1. The Morgan fingerprint density at radius 1 is 1.15 bits per heavy atom. The number of anilines is 1. The molecule has 0 fully saturated rings. The van der Waals surface area contributed by atoms with Crippen LogP contribution in [0.15, 0.2) is 47.6 Å². The summed E-state index contributed by atoms with van der Waals surface area (Å²) in [6.07, 6.45) is 3.35. The number of nitrogens with two attached hydrogens (primary N) is 1. The summed E-state index contributed by atoms with van der Waals surface area (Å²) in [5, 5.41) is 5.08. The summed E-state index contributed by atoms with van der Waals surface area (Å²) >= 11 is 0. The molecule has 7 heteroatoms. The molecule has 2 rings (SSSR count). The second kappa shape index (κ2) is 5.56. The third-order valence-corrected chi connectivity index (χ3v) is 4.07. The van der Waals surface area contributed by atoms with Gasteiger partial charge in [0.05, 0.1) is 10.9 Å². The molecule has 0 aliphatic rings. The van der Waals surface area contributed by atoms with Crippen LogP contribution in [-0.4, -0.2) is 25.4 Å². The Bertz CT molecular complexity index is 671. The number of hydrogen-bond acceptors (Lipinski definition) is 5. The lowest BCUT2D eigenvalue weighted by Gasteiger charge is -2.25. The molecule has 1 aromatic heterocycles. The number of benzene rings is 1. The Balaban J connectivity index is 2.23. The summed E-state index contributed by atoms with van der Waals surface area (Å²) in [6, 6.07) is 8.24. The van der Waals surface area contributed by atoms with Crippen LogP contribution in [0.3, 0.4) is 0 Å². The number of aromatic nitrogens is 2. The second-order valence-electron chi connectivity index (χ2n) is 4.45. The lowest BCUT2D eigenvalue weighted by atomic mass is 10.1. The summed E-state index contributed by atoms with van der Waals surface area (Å²) < 4.78 is 22.4. The van der Waals surface area contributed by atoms with Gasteiger partial charge in [-0.2, -0.15) is 0 Å². The second-order valence-corrected chi connectivity index (χ2v) is 6.01. The van der Waals surface area contributed by atoms with Gasteiger partial charge in [-0.3, -0.25) is 0 Å². The van der Waals surface area contributed by atoms with Gasteiger partial charge in [-0.05, 0) is 30.7 Å². The maximum atomic E-state index is 11.2. The lowest BCUT2D eigenvalue weighted by Crippen LogP contribution is -2.23. The largest absolute Gasteiger partial charge is 0.337 e. The van der Waals surface area contributed by atoms with E-state index in [1.807, 2.05) is 18.9 Å². The smallest absolute Gasteiger partial charge is 0.238 e. The van der Waals surface area contributed by atoms with E-state index in [2.05, 4.69) is 9.97 Å². The first-order chi connectivity index (χ1) is 9.39. The van der Waals surface area contributed by atoms with Crippen molar-refractivity contribution in [1.82, 2.24) is 9.97 Å². The zero-order valence-electron chi connectivity index (χ0n) is 11.3. The number of sulfonamides is 1. The van der Waals surface area contributed by atoms with Crippen LogP contribution in [0.4, 0.5) is 5.95 Å². The van der Waals surface area contributed by atoms with E-state index in [-0.39, 0.29) is 10.9 Å². The highest BCUT2D eigenvalue weighted by molar-refractivity contribution is 7.89. The van der Waals surface area contributed by atoms with Crippen LogP contribution in [0.25, 0.3) is 0 Å². The maximum absolute atomic E-state index is 11.2. The Labute approximate surface area is 118 Å². The third kappa shape index (κ3) is 3.12. The van der Waals surface area contributed by atoms with Crippen LogP contribution >= 0.6 is 0 Å². The minimum Gasteiger partial charge on any atom is -0.337 e. The van der Waals surface area contributed by atoms with E-state index in [1.165, 1.54) is 12.1 Å². The van der Waals surface area contributed by atoms with Crippen molar-refractivity contribution < 1.29 is 8.42 Å². The first-order valence-electron chi connectivity index (χ1n) is 6.02. The Morgan fingerprint density at radius 3 is 2.20 bits per heavy atom. The average Bonchev–Trinajstić information content (AvgIpc) is 2.46. The van der Waals surface area contributed by atoms with Crippen LogP contribution in [0.5, 0.6) is 0 Å². The van der Waals surface area contributed by atoms with Crippen molar-refractivity contribution in [3.8, 4) is 0 Å². The zero-order chi connectivity index (χ0) is 14.8. The van der Waals surface area contributed by atoms with E-state index in [0.29, 0.717) is 5.95 Å². The van der Waals surface area contributed by atoms with E-state index in [4.69, 9.17) is 5.14 Å². The standard InChI is InChI=1S/C13H16N4O2S/c1-10(17(2)13-15-8-3-9-16-13)11-4-6-12(7-5-11)20(14,18)19/h3-10H,1-2H3,(H2,14,18,19). The Hall–Kier alpha value is -1.99. The Kier molecular flexibility index (Phi) is 4.01.